The van der Waals surface area contributed by atoms with E-state index in [0.717, 1.165) is 29.5 Å². The van der Waals surface area contributed by atoms with Gasteiger partial charge in [0.1, 0.15) is 29.2 Å². The number of furan rings is 1. The number of nitrogens with one attached hydrogen (secondary N) is 1. The molecule has 1 fully saturated rings. The van der Waals surface area contributed by atoms with Crippen molar-refractivity contribution < 1.29 is 18.7 Å². The lowest BCUT2D eigenvalue weighted by Gasteiger charge is -2.23. The van der Waals surface area contributed by atoms with Crippen molar-refractivity contribution in [1.29, 1.82) is 5.26 Å². The fraction of sp³-hybridized carbons (Fsp3) is 0.276. The van der Waals surface area contributed by atoms with Crippen LogP contribution in [0.3, 0.4) is 0 Å². The Kier molecular flexibility index (Phi) is 7.17. The Morgan fingerprint density at radius 3 is 2.65 bits per heavy atom. The minimum atomic E-state index is -0.171. The Balaban J connectivity index is 1.41. The molecule has 188 valence electrons. The lowest BCUT2D eigenvalue weighted by molar-refractivity contribution is 0.0254. The Labute approximate surface area is 215 Å². The van der Waals surface area contributed by atoms with Crippen molar-refractivity contribution in [2.24, 2.45) is 5.73 Å². The molecule has 1 aliphatic rings. The summed E-state index contributed by atoms with van der Waals surface area (Å²) in [5.41, 5.74) is 10.5. The zero-order valence-corrected chi connectivity index (χ0v) is 20.6. The van der Waals surface area contributed by atoms with E-state index in [1.807, 2.05) is 49.4 Å². The number of nitrogens with zero attached hydrogens (tertiary/aromatic N) is 2. The molecule has 1 saturated heterocycles. The molecular formula is C29H28N4O4. The molecule has 1 aliphatic heterocycles. The van der Waals surface area contributed by atoms with Crippen LogP contribution in [0.2, 0.25) is 0 Å². The lowest BCUT2D eigenvalue weighted by atomic mass is 10.0. The number of aromatic nitrogens is 1. The number of benzene rings is 2. The van der Waals surface area contributed by atoms with Gasteiger partial charge in [0.05, 0.1) is 18.8 Å². The van der Waals surface area contributed by atoms with Crippen molar-refractivity contribution in [1.82, 2.24) is 10.3 Å². The Bertz CT molecular complexity index is 1450. The van der Waals surface area contributed by atoms with Crippen LogP contribution in [0.15, 0.2) is 65.2 Å². The summed E-state index contributed by atoms with van der Waals surface area (Å²) in [6.07, 6.45) is 3.39. The zero-order chi connectivity index (χ0) is 25.8. The van der Waals surface area contributed by atoms with E-state index in [1.54, 1.807) is 18.3 Å². The average Bonchev–Trinajstić information content (AvgIpc) is 3.37. The summed E-state index contributed by atoms with van der Waals surface area (Å²) in [5.74, 6) is 1.04. The third-order valence-corrected chi connectivity index (χ3v) is 6.30. The van der Waals surface area contributed by atoms with Gasteiger partial charge < -0.3 is 24.9 Å². The summed E-state index contributed by atoms with van der Waals surface area (Å²) >= 11 is 0. The smallest absolute Gasteiger partial charge is 0.251 e. The summed E-state index contributed by atoms with van der Waals surface area (Å²) < 4.78 is 17.7. The van der Waals surface area contributed by atoms with Crippen molar-refractivity contribution in [3.63, 3.8) is 0 Å². The summed E-state index contributed by atoms with van der Waals surface area (Å²) in [4.78, 5) is 16.8. The molecule has 2 aromatic carbocycles. The highest BCUT2D eigenvalue weighted by Gasteiger charge is 2.19. The summed E-state index contributed by atoms with van der Waals surface area (Å²) in [5, 5.41) is 12.6. The maximum absolute atomic E-state index is 12.3. The number of ether oxygens (including phenoxy) is 2. The number of nitriles is 1. The zero-order valence-electron chi connectivity index (χ0n) is 20.6. The Morgan fingerprint density at radius 1 is 1.16 bits per heavy atom. The summed E-state index contributed by atoms with van der Waals surface area (Å²) in [6.45, 7) is 3.59. The topological polar surface area (TPSA) is 123 Å². The van der Waals surface area contributed by atoms with Gasteiger partial charge in [-0.2, -0.15) is 5.26 Å². The average molecular weight is 497 g/mol. The maximum Gasteiger partial charge on any atom is 0.251 e. The van der Waals surface area contributed by atoms with Crippen molar-refractivity contribution in [3.8, 4) is 34.3 Å². The van der Waals surface area contributed by atoms with Crippen molar-refractivity contribution in [3.05, 3.63) is 71.9 Å². The van der Waals surface area contributed by atoms with Gasteiger partial charge in [0.15, 0.2) is 5.58 Å². The number of pyridine rings is 1. The van der Waals surface area contributed by atoms with Gasteiger partial charge >= 0.3 is 0 Å². The fourth-order valence-corrected chi connectivity index (χ4v) is 4.31. The fourth-order valence-electron chi connectivity index (χ4n) is 4.31. The van der Waals surface area contributed by atoms with Gasteiger partial charge in [-0.3, -0.25) is 9.78 Å². The predicted octanol–water partition coefficient (Wildman–Crippen LogP) is 4.67. The largest absolute Gasteiger partial charge is 0.489 e. The highest BCUT2D eigenvalue weighted by Crippen LogP contribution is 2.35. The summed E-state index contributed by atoms with van der Waals surface area (Å²) in [6, 6.07) is 18.7. The van der Waals surface area contributed by atoms with Crippen molar-refractivity contribution in [2.45, 2.75) is 31.9 Å². The van der Waals surface area contributed by atoms with E-state index in [0.29, 0.717) is 53.5 Å². The Morgan fingerprint density at radius 2 is 1.92 bits per heavy atom. The molecule has 0 saturated carbocycles. The van der Waals surface area contributed by atoms with Crippen LogP contribution in [0.4, 0.5) is 0 Å². The van der Waals surface area contributed by atoms with Crippen LogP contribution < -0.4 is 15.8 Å². The summed E-state index contributed by atoms with van der Waals surface area (Å²) in [7, 11) is 0. The van der Waals surface area contributed by atoms with Gasteiger partial charge in [-0.15, -0.1) is 0 Å². The second-order valence-electron chi connectivity index (χ2n) is 9.20. The molecule has 1 unspecified atom stereocenters. The highest BCUT2D eigenvalue weighted by atomic mass is 16.5. The second kappa shape index (κ2) is 10.8. The van der Waals surface area contributed by atoms with E-state index < -0.39 is 0 Å². The van der Waals surface area contributed by atoms with Crippen LogP contribution in [0.25, 0.3) is 33.6 Å². The van der Waals surface area contributed by atoms with Crippen molar-refractivity contribution in [2.75, 3.05) is 19.8 Å². The second-order valence-corrected chi connectivity index (χ2v) is 9.20. The predicted molar refractivity (Wildman–Crippen MR) is 140 cm³/mol. The normalized spacial score (nSPS) is 14.7. The van der Waals surface area contributed by atoms with Crippen LogP contribution >= 0.6 is 0 Å². The van der Waals surface area contributed by atoms with Gasteiger partial charge in [-0.1, -0.05) is 18.2 Å². The van der Waals surface area contributed by atoms with E-state index >= 15 is 0 Å². The van der Waals surface area contributed by atoms with Gasteiger partial charge in [0.2, 0.25) is 0 Å². The third-order valence-electron chi connectivity index (χ3n) is 6.30. The van der Waals surface area contributed by atoms with Crippen LogP contribution in [-0.2, 0) is 4.74 Å². The number of hydrogen-bond donors (Lipinski definition) is 2. The minimum Gasteiger partial charge on any atom is -0.489 e. The van der Waals surface area contributed by atoms with Gasteiger partial charge in [0, 0.05) is 54.4 Å². The third kappa shape index (κ3) is 5.48. The monoisotopic (exact) mass is 496 g/mol. The van der Waals surface area contributed by atoms with Crippen molar-refractivity contribution >= 4 is 17.0 Å². The minimum absolute atomic E-state index is 0.0497. The first kappa shape index (κ1) is 24.5. The van der Waals surface area contributed by atoms with Crippen LogP contribution in [0.5, 0.6) is 5.75 Å². The molecule has 0 aliphatic carbocycles. The number of rotatable bonds is 7. The molecule has 3 N–H and O–H groups in total. The van der Waals surface area contributed by atoms with Crippen LogP contribution in [0.1, 0.15) is 35.7 Å². The SMILES string of the molecule is CC(N)CNC(=O)c1ccc(-c2cc3nccc(-c4ccc(OC5CCOCC5)c(C#N)c4)c3o2)cc1. The molecule has 0 bridgehead atoms. The maximum atomic E-state index is 12.3. The van der Waals surface area contributed by atoms with Gasteiger partial charge in [-0.05, 0) is 42.8 Å². The molecule has 8 nitrogen and oxygen atoms in total. The van der Waals surface area contributed by atoms with E-state index in [4.69, 9.17) is 19.6 Å². The Hall–Kier alpha value is -4.19. The molecule has 3 heterocycles. The molecule has 1 amide bonds. The first-order chi connectivity index (χ1) is 18.0. The van der Waals surface area contributed by atoms with Crippen LogP contribution in [-0.4, -0.2) is 42.8 Å². The molecule has 0 spiro atoms. The molecule has 37 heavy (non-hydrogen) atoms. The van der Waals surface area contributed by atoms with E-state index in [-0.39, 0.29) is 18.1 Å². The number of fused-ring (bicyclic) bond motifs is 1. The number of hydrogen-bond acceptors (Lipinski definition) is 7. The molecule has 0 radical (unpaired) electrons. The molecule has 1 atom stereocenters. The lowest BCUT2D eigenvalue weighted by Crippen LogP contribution is -2.35. The number of carbonyl (C=O) groups excluding carboxylic acids is 1. The van der Waals surface area contributed by atoms with Gasteiger partial charge in [0.25, 0.3) is 5.91 Å². The standard InChI is InChI=1S/C29H28N4O4/c1-18(31)17-33-29(34)20-4-2-19(3-5-20)27-15-25-28(37-27)24(8-11-32-25)21-6-7-26(22(14-21)16-30)36-23-9-12-35-13-10-23/h2-8,11,14-15,18,23H,9-10,12-13,17,31H2,1H3,(H,33,34). The van der Waals surface area contributed by atoms with E-state index in [2.05, 4.69) is 16.4 Å². The molecule has 2 aromatic heterocycles. The van der Waals surface area contributed by atoms with E-state index in [1.165, 1.54) is 0 Å². The quantitative estimate of drug-likeness (QED) is 0.381. The van der Waals surface area contributed by atoms with Gasteiger partial charge in [-0.25, -0.2) is 0 Å². The number of nitrogens with two attached hydrogens (primary N) is 1. The van der Waals surface area contributed by atoms with E-state index in [9.17, 15) is 10.1 Å². The number of amides is 1. The molecule has 5 rings (SSSR count). The molecular weight excluding hydrogens is 468 g/mol. The first-order valence-electron chi connectivity index (χ1n) is 12.3. The number of carbonyl (C=O) groups is 1. The highest BCUT2D eigenvalue weighted by molar-refractivity contribution is 5.95. The first-order valence-corrected chi connectivity index (χ1v) is 12.3. The molecule has 4 aromatic rings. The van der Waals surface area contributed by atoms with Crippen LogP contribution in [0, 0.1) is 11.3 Å². The molecule has 8 heteroatoms.